The Morgan fingerprint density at radius 1 is 1.27 bits per heavy atom. The summed E-state index contributed by atoms with van der Waals surface area (Å²) in [4.78, 5) is 16.0. The molecule has 0 radical (unpaired) electrons. The second kappa shape index (κ2) is 8.99. The lowest BCUT2D eigenvalue weighted by molar-refractivity contribution is -0.137. The van der Waals surface area contributed by atoms with Crippen LogP contribution in [0.1, 0.15) is 44.1 Å². The number of oxime groups is 1. The summed E-state index contributed by atoms with van der Waals surface area (Å²) in [6, 6.07) is 9.89. The van der Waals surface area contributed by atoms with Crippen LogP contribution in [0.25, 0.3) is 0 Å². The lowest BCUT2D eigenvalue weighted by Crippen LogP contribution is -2.20. The maximum absolute atomic E-state index is 10.6. The maximum Gasteiger partial charge on any atom is 0.303 e. The fourth-order valence-corrected chi connectivity index (χ4v) is 4.24. The molecule has 1 aromatic rings. The van der Waals surface area contributed by atoms with Gasteiger partial charge < -0.3 is 15.1 Å². The molecule has 0 unspecified atom stereocenters. The molecule has 5 nitrogen and oxygen atoms in total. The molecule has 26 heavy (non-hydrogen) atoms. The monoisotopic (exact) mass is 357 g/mol. The number of hydrogen-bond donors (Lipinski definition) is 2. The van der Waals surface area contributed by atoms with Crippen molar-refractivity contribution in [3.63, 3.8) is 0 Å². The molecule has 2 fully saturated rings. The zero-order valence-electron chi connectivity index (χ0n) is 15.0. The topological polar surface area (TPSA) is 79.1 Å². The van der Waals surface area contributed by atoms with Crippen molar-refractivity contribution in [2.75, 3.05) is 0 Å². The first-order valence-corrected chi connectivity index (χ1v) is 9.40. The van der Waals surface area contributed by atoms with Gasteiger partial charge >= 0.3 is 5.97 Å². The van der Waals surface area contributed by atoms with Crippen LogP contribution < -0.4 is 0 Å². The summed E-state index contributed by atoms with van der Waals surface area (Å²) < 4.78 is 0. The number of rotatable bonds is 8. The highest BCUT2D eigenvalue weighted by atomic mass is 16.6. The Balaban J connectivity index is 1.48. The van der Waals surface area contributed by atoms with Crippen LogP contribution in [0.4, 0.5) is 0 Å². The van der Waals surface area contributed by atoms with Gasteiger partial charge in [0.15, 0.2) is 0 Å². The second-order valence-electron chi connectivity index (χ2n) is 7.37. The van der Waals surface area contributed by atoms with Crippen LogP contribution in [0.5, 0.6) is 0 Å². The van der Waals surface area contributed by atoms with E-state index < -0.39 is 5.97 Å². The number of unbranched alkanes of at least 4 members (excludes halogenated alkanes) is 1. The van der Waals surface area contributed by atoms with Crippen molar-refractivity contribution in [3.05, 3.63) is 47.5 Å². The fraction of sp³-hybridized carbons (Fsp3) is 0.524. The maximum atomic E-state index is 10.6. The summed E-state index contributed by atoms with van der Waals surface area (Å²) in [5.41, 5.74) is 2.47. The van der Waals surface area contributed by atoms with Gasteiger partial charge in [-0.15, -0.1) is 0 Å². The van der Waals surface area contributed by atoms with Gasteiger partial charge in [-0.05, 0) is 49.5 Å². The molecule has 2 aliphatic carbocycles. The van der Waals surface area contributed by atoms with E-state index in [0.29, 0.717) is 24.9 Å². The first kappa shape index (κ1) is 18.6. The number of aliphatic carboxylic acids is 1. The van der Waals surface area contributed by atoms with Gasteiger partial charge in [0.2, 0.25) is 0 Å². The van der Waals surface area contributed by atoms with Crippen molar-refractivity contribution in [3.8, 4) is 0 Å². The number of fused-ring (bicyclic) bond motifs is 1. The third kappa shape index (κ3) is 4.94. The summed E-state index contributed by atoms with van der Waals surface area (Å²) in [5.74, 6) is 0.225. The third-order valence-electron chi connectivity index (χ3n) is 5.52. The van der Waals surface area contributed by atoms with Crippen molar-refractivity contribution in [2.45, 2.75) is 51.2 Å². The zero-order valence-corrected chi connectivity index (χ0v) is 15.0. The van der Waals surface area contributed by atoms with E-state index in [1.165, 1.54) is 5.57 Å². The minimum atomic E-state index is -0.735. The highest BCUT2D eigenvalue weighted by molar-refractivity contribution is 5.66. The smallest absolute Gasteiger partial charge is 0.303 e. The molecular formula is C21H27NO4. The summed E-state index contributed by atoms with van der Waals surface area (Å²) in [6.07, 6.45) is 8.18. The van der Waals surface area contributed by atoms with Gasteiger partial charge in [0.25, 0.3) is 0 Å². The SMILES string of the molecule is O=C(O)CCC/C=C1/C[C@H]2C[C@@H](O)[C@H](/C=N/OCc3ccccc3)[C@H]2C1. The molecule has 140 valence electrons. The second-order valence-corrected chi connectivity index (χ2v) is 7.37. The standard InChI is InChI=1S/C21H27NO4/c23-20-12-17-10-16(8-4-5-9-21(24)25)11-18(17)19(20)13-22-26-14-15-6-2-1-3-7-15/h1-3,6-8,13,17-20,23H,4-5,9-12,14H2,(H,24,25)/b16-8-,22-13+/t17-,18-,19+,20+/m0/s1. The van der Waals surface area contributed by atoms with E-state index in [1.807, 2.05) is 30.3 Å². The number of benzene rings is 1. The van der Waals surface area contributed by atoms with Crippen LogP contribution in [0.15, 0.2) is 47.1 Å². The van der Waals surface area contributed by atoms with Crippen LogP contribution in [0, 0.1) is 17.8 Å². The van der Waals surface area contributed by atoms with Crippen LogP contribution in [-0.4, -0.2) is 28.5 Å². The number of hydrogen-bond acceptors (Lipinski definition) is 4. The number of nitrogens with zero attached hydrogens (tertiary/aromatic N) is 1. The van der Waals surface area contributed by atoms with Gasteiger partial charge in [-0.2, -0.15) is 0 Å². The number of carboxylic acids is 1. The van der Waals surface area contributed by atoms with Crippen molar-refractivity contribution < 1.29 is 19.8 Å². The Hall–Kier alpha value is -2.14. The van der Waals surface area contributed by atoms with Crippen LogP contribution in [-0.2, 0) is 16.2 Å². The van der Waals surface area contributed by atoms with E-state index in [2.05, 4.69) is 11.2 Å². The quantitative estimate of drug-likeness (QED) is 0.321. The minimum absolute atomic E-state index is 0.0423. The summed E-state index contributed by atoms with van der Waals surface area (Å²) in [5, 5.41) is 23.2. The van der Waals surface area contributed by atoms with Gasteiger partial charge in [0.05, 0.1) is 6.10 Å². The molecule has 4 atom stereocenters. The van der Waals surface area contributed by atoms with Crippen molar-refractivity contribution in [2.24, 2.45) is 22.9 Å². The number of aliphatic hydroxyl groups is 1. The predicted molar refractivity (Wildman–Crippen MR) is 99.6 cm³/mol. The molecule has 2 aliphatic rings. The van der Waals surface area contributed by atoms with E-state index >= 15 is 0 Å². The van der Waals surface area contributed by atoms with E-state index in [9.17, 15) is 9.90 Å². The molecule has 5 heteroatoms. The van der Waals surface area contributed by atoms with E-state index in [0.717, 1.165) is 31.2 Å². The first-order chi connectivity index (χ1) is 12.6. The highest BCUT2D eigenvalue weighted by Crippen LogP contribution is 2.49. The molecule has 3 rings (SSSR count). The van der Waals surface area contributed by atoms with Gasteiger partial charge in [-0.25, -0.2) is 0 Å². The van der Waals surface area contributed by atoms with Gasteiger partial charge in [-0.1, -0.05) is 47.1 Å². The molecule has 0 amide bonds. The Morgan fingerprint density at radius 3 is 2.85 bits per heavy atom. The summed E-state index contributed by atoms with van der Waals surface area (Å²) in [7, 11) is 0. The third-order valence-corrected chi connectivity index (χ3v) is 5.52. The zero-order chi connectivity index (χ0) is 18.4. The number of allylic oxidation sites excluding steroid dienone is 2. The molecule has 0 saturated heterocycles. The number of carbonyl (C=O) groups is 1. The molecule has 0 spiro atoms. The van der Waals surface area contributed by atoms with Crippen LogP contribution in [0.2, 0.25) is 0 Å². The molecule has 2 N–H and O–H groups in total. The van der Waals surface area contributed by atoms with E-state index in [1.54, 1.807) is 6.21 Å². The Morgan fingerprint density at radius 2 is 2.08 bits per heavy atom. The number of carboxylic acid groups (broad SMARTS) is 1. The minimum Gasteiger partial charge on any atom is -0.481 e. The van der Waals surface area contributed by atoms with Crippen molar-refractivity contribution in [1.29, 1.82) is 0 Å². The Labute approximate surface area is 154 Å². The summed E-state index contributed by atoms with van der Waals surface area (Å²) >= 11 is 0. The lowest BCUT2D eigenvalue weighted by Gasteiger charge is -2.15. The van der Waals surface area contributed by atoms with Crippen molar-refractivity contribution in [1.82, 2.24) is 0 Å². The van der Waals surface area contributed by atoms with Gasteiger partial charge in [0.1, 0.15) is 6.61 Å². The molecular weight excluding hydrogens is 330 g/mol. The molecule has 1 aromatic carbocycles. The Bertz CT molecular complexity index is 655. The van der Waals surface area contributed by atoms with Crippen molar-refractivity contribution >= 4 is 12.2 Å². The molecule has 0 aromatic heterocycles. The first-order valence-electron chi connectivity index (χ1n) is 9.40. The molecule has 0 aliphatic heterocycles. The average molecular weight is 357 g/mol. The van der Waals surface area contributed by atoms with Crippen LogP contribution >= 0.6 is 0 Å². The Kier molecular flexibility index (Phi) is 6.45. The molecule has 2 saturated carbocycles. The van der Waals surface area contributed by atoms with E-state index in [4.69, 9.17) is 9.94 Å². The summed E-state index contributed by atoms with van der Waals surface area (Å²) in [6.45, 7) is 0.434. The van der Waals surface area contributed by atoms with E-state index in [-0.39, 0.29) is 18.4 Å². The molecule has 0 bridgehead atoms. The van der Waals surface area contributed by atoms with Crippen LogP contribution in [0.3, 0.4) is 0 Å². The lowest BCUT2D eigenvalue weighted by atomic mass is 9.92. The normalized spacial score (nSPS) is 29.3. The van der Waals surface area contributed by atoms with Gasteiger partial charge in [-0.3, -0.25) is 4.79 Å². The average Bonchev–Trinajstić information content (AvgIpc) is 3.13. The largest absolute Gasteiger partial charge is 0.481 e. The molecule has 0 heterocycles. The number of aliphatic hydroxyl groups excluding tert-OH is 1. The fourth-order valence-electron chi connectivity index (χ4n) is 4.24. The highest BCUT2D eigenvalue weighted by Gasteiger charge is 2.45. The van der Waals surface area contributed by atoms with Gasteiger partial charge in [0, 0.05) is 18.6 Å². The predicted octanol–water partition coefficient (Wildman–Crippen LogP) is 3.78.